The Balaban J connectivity index is 4.59. The van der Waals surface area contributed by atoms with Crippen molar-refractivity contribution in [3.8, 4) is 0 Å². The Morgan fingerprint density at radius 3 is 2.11 bits per heavy atom. The maximum atomic E-state index is 11.7. The molecule has 6 heteroatoms. The lowest BCUT2D eigenvalue weighted by molar-refractivity contribution is -0.873. The Morgan fingerprint density at radius 1 is 1.28 bits per heavy atom. The fourth-order valence-electron chi connectivity index (χ4n) is 1.46. The van der Waals surface area contributed by atoms with E-state index in [4.69, 9.17) is 15.6 Å². The van der Waals surface area contributed by atoms with E-state index >= 15 is 0 Å². The summed E-state index contributed by atoms with van der Waals surface area (Å²) in [4.78, 5) is 22.5. The summed E-state index contributed by atoms with van der Waals surface area (Å²) < 4.78 is 5.72. The SMILES string of the molecule is CC(C)[C@H](N)C(=O)OC(CC(=O)O)C[N+](C)(C)C. The third-order valence-electron chi connectivity index (χ3n) is 2.43. The van der Waals surface area contributed by atoms with Crippen molar-refractivity contribution in [2.75, 3.05) is 27.7 Å². The largest absolute Gasteiger partial charge is 0.481 e. The van der Waals surface area contributed by atoms with E-state index in [2.05, 4.69) is 0 Å². The first-order chi connectivity index (χ1) is 8.03. The molecular weight excluding hydrogens is 236 g/mol. The molecule has 0 saturated heterocycles. The van der Waals surface area contributed by atoms with Crippen LogP contribution in [0.2, 0.25) is 0 Å². The van der Waals surface area contributed by atoms with Crippen molar-refractivity contribution in [2.45, 2.75) is 32.4 Å². The van der Waals surface area contributed by atoms with E-state index in [1.807, 2.05) is 35.0 Å². The number of nitrogens with zero attached hydrogens (tertiary/aromatic N) is 1. The van der Waals surface area contributed by atoms with Crippen LogP contribution in [0, 0.1) is 5.92 Å². The first kappa shape index (κ1) is 16.9. The minimum absolute atomic E-state index is 0.0351. The van der Waals surface area contributed by atoms with Crippen molar-refractivity contribution < 1.29 is 23.9 Å². The zero-order valence-corrected chi connectivity index (χ0v) is 11.8. The average molecular weight is 261 g/mol. The van der Waals surface area contributed by atoms with Gasteiger partial charge in [-0.15, -0.1) is 0 Å². The molecule has 0 aromatic carbocycles. The molecule has 0 saturated carbocycles. The van der Waals surface area contributed by atoms with Gasteiger partial charge in [-0.05, 0) is 5.92 Å². The Labute approximate surface area is 108 Å². The summed E-state index contributed by atoms with van der Waals surface area (Å²) >= 11 is 0. The first-order valence-corrected chi connectivity index (χ1v) is 6.01. The van der Waals surface area contributed by atoms with Crippen molar-refractivity contribution in [1.29, 1.82) is 0 Å². The van der Waals surface area contributed by atoms with E-state index < -0.39 is 24.1 Å². The van der Waals surface area contributed by atoms with Crippen LogP contribution in [0.1, 0.15) is 20.3 Å². The van der Waals surface area contributed by atoms with E-state index in [-0.39, 0.29) is 12.3 Å². The van der Waals surface area contributed by atoms with Crippen molar-refractivity contribution >= 4 is 11.9 Å². The minimum Gasteiger partial charge on any atom is -0.481 e. The smallest absolute Gasteiger partial charge is 0.323 e. The standard InChI is InChI=1S/C12H24N2O4/c1-8(2)11(13)12(17)18-9(6-10(15)16)7-14(3,4)5/h8-9,11H,6-7,13H2,1-5H3/p+1/t9?,11-/m0/s1. The molecule has 0 rings (SSSR count). The number of hydrogen-bond donors (Lipinski definition) is 2. The number of likely N-dealkylation sites (N-methyl/N-ethyl adjacent to an activating group) is 1. The van der Waals surface area contributed by atoms with E-state index in [9.17, 15) is 9.59 Å². The van der Waals surface area contributed by atoms with Gasteiger partial charge in [-0.3, -0.25) is 9.59 Å². The molecule has 0 bridgehead atoms. The third kappa shape index (κ3) is 7.24. The highest BCUT2D eigenvalue weighted by atomic mass is 16.5. The lowest BCUT2D eigenvalue weighted by Gasteiger charge is -2.29. The highest BCUT2D eigenvalue weighted by molar-refractivity contribution is 5.76. The Hall–Kier alpha value is -1.14. The van der Waals surface area contributed by atoms with Crippen molar-refractivity contribution in [2.24, 2.45) is 11.7 Å². The van der Waals surface area contributed by atoms with Gasteiger partial charge in [0.1, 0.15) is 12.6 Å². The van der Waals surface area contributed by atoms with Crippen LogP contribution in [-0.4, -0.2) is 61.4 Å². The second-order valence-electron chi connectivity index (χ2n) is 5.90. The number of carbonyl (C=O) groups excluding carboxylic acids is 1. The molecule has 0 fully saturated rings. The van der Waals surface area contributed by atoms with E-state index in [1.165, 1.54) is 0 Å². The summed E-state index contributed by atoms with van der Waals surface area (Å²) in [6, 6.07) is -0.714. The van der Waals surface area contributed by atoms with Gasteiger partial charge in [0.15, 0.2) is 6.10 Å². The fourth-order valence-corrected chi connectivity index (χ4v) is 1.46. The van der Waals surface area contributed by atoms with Gasteiger partial charge in [-0.1, -0.05) is 13.8 Å². The number of rotatable bonds is 7. The van der Waals surface area contributed by atoms with Crippen LogP contribution >= 0.6 is 0 Å². The minimum atomic E-state index is -0.987. The monoisotopic (exact) mass is 261 g/mol. The molecular formula is C12H25N2O4+. The lowest BCUT2D eigenvalue weighted by Crippen LogP contribution is -2.46. The molecule has 0 heterocycles. The van der Waals surface area contributed by atoms with E-state index in [0.29, 0.717) is 11.0 Å². The van der Waals surface area contributed by atoms with Gasteiger partial charge in [0.05, 0.1) is 27.6 Å². The van der Waals surface area contributed by atoms with Gasteiger partial charge < -0.3 is 20.1 Å². The highest BCUT2D eigenvalue weighted by Crippen LogP contribution is 2.08. The van der Waals surface area contributed by atoms with E-state index in [0.717, 1.165) is 0 Å². The fraction of sp³-hybridized carbons (Fsp3) is 0.833. The molecule has 0 aliphatic carbocycles. The number of esters is 1. The topological polar surface area (TPSA) is 89.6 Å². The normalized spacial score (nSPS) is 15.3. The number of aliphatic carboxylic acids is 1. The molecule has 18 heavy (non-hydrogen) atoms. The molecule has 0 amide bonds. The summed E-state index contributed by atoms with van der Waals surface area (Å²) in [5, 5.41) is 8.81. The Kier molecular flexibility index (Phi) is 6.28. The van der Waals surface area contributed by atoms with Gasteiger partial charge in [-0.2, -0.15) is 0 Å². The van der Waals surface area contributed by atoms with Crippen molar-refractivity contribution in [3.63, 3.8) is 0 Å². The second kappa shape index (κ2) is 6.70. The predicted molar refractivity (Wildman–Crippen MR) is 67.8 cm³/mol. The maximum Gasteiger partial charge on any atom is 0.323 e. The average Bonchev–Trinajstić information content (AvgIpc) is 2.11. The van der Waals surface area contributed by atoms with Crippen LogP contribution in [-0.2, 0) is 14.3 Å². The quantitative estimate of drug-likeness (QED) is 0.500. The first-order valence-electron chi connectivity index (χ1n) is 6.01. The lowest BCUT2D eigenvalue weighted by atomic mass is 10.1. The van der Waals surface area contributed by atoms with Crippen LogP contribution < -0.4 is 5.73 Å². The number of carboxylic acid groups (broad SMARTS) is 1. The molecule has 1 unspecified atom stereocenters. The summed E-state index contributed by atoms with van der Waals surface area (Å²) in [5.74, 6) is -1.56. The Morgan fingerprint density at radius 2 is 1.78 bits per heavy atom. The zero-order valence-electron chi connectivity index (χ0n) is 11.8. The molecule has 106 valence electrons. The summed E-state index contributed by atoms with van der Waals surface area (Å²) in [7, 11) is 5.72. The zero-order chi connectivity index (χ0) is 14.5. The van der Waals surface area contributed by atoms with Crippen LogP contribution in [0.3, 0.4) is 0 Å². The van der Waals surface area contributed by atoms with Gasteiger partial charge in [-0.25, -0.2) is 0 Å². The number of hydrogen-bond acceptors (Lipinski definition) is 4. The van der Waals surface area contributed by atoms with Crippen LogP contribution in [0.15, 0.2) is 0 Å². The molecule has 6 nitrogen and oxygen atoms in total. The van der Waals surface area contributed by atoms with E-state index in [1.54, 1.807) is 0 Å². The highest BCUT2D eigenvalue weighted by Gasteiger charge is 2.28. The second-order valence-corrected chi connectivity index (χ2v) is 5.90. The van der Waals surface area contributed by atoms with Gasteiger partial charge >= 0.3 is 11.9 Å². The molecule has 2 atom stereocenters. The third-order valence-corrected chi connectivity index (χ3v) is 2.43. The molecule has 0 aromatic rings. The maximum absolute atomic E-state index is 11.7. The van der Waals surface area contributed by atoms with Gasteiger partial charge in [0, 0.05) is 0 Å². The number of quaternary nitrogens is 1. The summed E-state index contributed by atoms with van der Waals surface area (Å²) in [5.41, 5.74) is 5.68. The van der Waals surface area contributed by atoms with Crippen molar-refractivity contribution in [1.82, 2.24) is 0 Å². The number of nitrogens with two attached hydrogens (primary N) is 1. The number of ether oxygens (including phenoxy) is 1. The molecule has 0 radical (unpaired) electrons. The van der Waals surface area contributed by atoms with Crippen LogP contribution in [0.4, 0.5) is 0 Å². The van der Waals surface area contributed by atoms with Crippen LogP contribution in [0.5, 0.6) is 0 Å². The number of carboxylic acids is 1. The summed E-state index contributed by atoms with van der Waals surface area (Å²) in [6.45, 7) is 4.07. The molecule has 0 aliphatic heterocycles. The summed E-state index contributed by atoms with van der Waals surface area (Å²) in [6.07, 6.45) is -0.855. The van der Waals surface area contributed by atoms with Gasteiger partial charge in [0.25, 0.3) is 0 Å². The van der Waals surface area contributed by atoms with Crippen LogP contribution in [0.25, 0.3) is 0 Å². The molecule has 0 aromatic heterocycles. The predicted octanol–water partition coefficient (Wildman–Crippen LogP) is 0.0624. The van der Waals surface area contributed by atoms with Crippen molar-refractivity contribution in [3.05, 3.63) is 0 Å². The Bertz CT molecular complexity index is 297. The molecule has 0 spiro atoms. The molecule has 3 N–H and O–H groups in total. The van der Waals surface area contributed by atoms with Gasteiger partial charge in [0.2, 0.25) is 0 Å². The number of carbonyl (C=O) groups is 2. The molecule has 0 aliphatic rings.